The fourth-order valence-electron chi connectivity index (χ4n) is 2.85. The second-order valence-corrected chi connectivity index (χ2v) is 5.69. The Morgan fingerprint density at radius 2 is 2.15 bits per heavy atom. The molecule has 4 heteroatoms. The molecule has 0 aromatic heterocycles. The third-order valence-electron chi connectivity index (χ3n) is 4.20. The zero-order chi connectivity index (χ0) is 14.2. The van der Waals surface area contributed by atoms with Crippen LogP contribution in [0, 0.1) is 0 Å². The molecular weight excluding hydrogens is 254 g/mol. The van der Waals surface area contributed by atoms with Crippen LogP contribution in [-0.2, 0) is 14.4 Å². The number of esters is 1. The van der Waals surface area contributed by atoms with Gasteiger partial charge in [-0.05, 0) is 32.3 Å². The molecule has 2 fully saturated rings. The third kappa shape index (κ3) is 2.45. The normalized spacial score (nSPS) is 25.6. The standard InChI is InChI=1S/C16H21NO3/c1-3-19-15(18)14-11-16(9-10-16)20-17(14)12(2)13-7-5-4-6-8-13/h4-8,12,14H,3,9-11H2,1-2H3/t12-,14?/m1/s1. The van der Waals surface area contributed by atoms with E-state index in [0.717, 1.165) is 24.8 Å². The summed E-state index contributed by atoms with van der Waals surface area (Å²) in [6.45, 7) is 4.32. The average Bonchev–Trinajstić information content (AvgIpc) is 3.10. The Kier molecular flexibility index (Phi) is 3.52. The van der Waals surface area contributed by atoms with Crippen LogP contribution in [-0.4, -0.2) is 29.3 Å². The van der Waals surface area contributed by atoms with Gasteiger partial charge in [-0.3, -0.25) is 9.63 Å². The second-order valence-electron chi connectivity index (χ2n) is 5.69. The van der Waals surface area contributed by atoms with Crippen LogP contribution in [0.15, 0.2) is 30.3 Å². The monoisotopic (exact) mass is 275 g/mol. The van der Waals surface area contributed by atoms with Gasteiger partial charge in [-0.25, -0.2) is 0 Å². The van der Waals surface area contributed by atoms with Crippen LogP contribution >= 0.6 is 0 Å². The number of carbonyl (C=O) groups is 1. The first-order valence-corrected chi connectivity index (χ1v) is 7.34. The first-order valence-electron chi connectivity index (χ1n) is 7.34. The Balaban J connectivity index is 1.80. The molecule has 1 aromatic carbocycles. The van der Waals surface area contributed by atoms with Crippen molar-refractivity contribution in [2.75, 3.05) is 6.61 Å². The molecule has 0 N–H and O–H groups in total. The molecular formula is C16H21NO3. The van der Waals surface area contributed by atoms with E-state index < -0.39 is 0 Å². The maximum Gasteiger partial charge on any atom is 0.325 e. The van der Waals surface area contributed by atoms with Crippen LogP contribution < -0.4 is 0 Å². The topological polar surface area (TPSA) is 38.8 Å². The van der Waals surface area contributed by atoms with Gasteiger partial charge in [-0.2, -0.15) is 5.06 Å². The quantitative estimate of drug-likeness (QED) is 0.792. The van der Waals surface area contributed by atoms with Crippen LogP contribution in [0.5, 0.6) is 0 Å². The minimum absolute atomic E-state index is 0.0468. The van der Waals surface area contributed by atoms with E-state index in [2.05, 4.69) is 19.1 Å². The zero-order valence-corrected chi connectivity index (χ0v) is 12.0. The highest BCUT2D eigenvalue weighted by atomic mass is 16.7. The summed E-state index contributed by atoms with van der Waals surface area (Å²) in [7, 11) is 0. The maximum atomic E-state index is 12.2. The Bertz CT molecular complexity index is 484. The summed E-state index contributed by atoms with van der Waals surface area (Å²) < 4.78 is 5.20. The number of hydrogen-bond acceptors (Lipinski definition) is 4. The van der Waals surface area contributed by atoms with E-state index in [1.807, 2.05) is 30.2 Å². The summed E-state index contributed by atoms with van der Waals surface area (Å²) in [6, 6.07) is 9.90. The van der Waals surface area contributed by atoms with Crippen LogP contribution in [0.1, 0.15) is 44.7 Å². The highest BCUT2D eigenvalue weighted by Gasteiger charge is 2.57. The summed E-state index contributed by atoms with van der Waals surface area (Å²) in [6.07, 6.45) is 2.84. The van der Waals surface area contributed by atoms with Crippen LogP contribution in [0.4, 0.5) is 0 Å². The molecule has 1 spiro atoms. The molecule has 3 rings (SSSR count). The van der Waals surface area contributed by atoms with Crippen molar-refractivity contribution in [3.05, 3.63) is 35.9 Å². The molecule has 0 bridgehead atoms. The minimum atomic E-state index is -0.285. The molecule has 1 aliphatic heterocycles. The summed E-state index contributed by atoms with van der Waals surface area (Å²) in [5, 5.41) is 1.85. The highest BCUT2D eigenvalue weighted by molar-refractivity contribution is 5.76. The fraction of sp³-hybridized carbons (Fsp3) is 0.562. The average molecular weight is 275 g/mol. The van der Waals surface area contributed by atoms with Crippen molar-refractivity contribution < 1.29 is 14.4 Å². The Morgan fingerprint density at radius 1 is 1.45 bits per heavy atom. The molecule has 1 aliphatic carbocycles. The van der Waals surface area contributed by atoms with Gasteiger partial charge in [0.15, 0.2) is 0 Å². The molecule has 0 radical (unpaired) electrons. The van der Waals surface area contributed by atoms with Crippen LogP contribution in [0.2, 0.25) is 0 Å². The van der Waals surface area contributed by atoms with E-state index in [-0.39, 0.29) is 23.7 Å². The zero-order valence-electron chi connectivity index (χ0n) is 12.0. The van der Waals surface area contributed by atoms with Gasteiger partial charge >= 0.3 is 5.97 Å². The maximum absolute atomic E-state index is 12.2. The molecule has 108 valence electrons. The predicted octanol–water partition coefficient (Wildman–Crippen LogP) is 2.85. The molecule has 1 unspecified atom stereocenters. The van der Waals surface area contributed by atoms with Gasteiger partial charge in [0, 0.05) is 6.42 Å². The molecule has 20 heavy (non-hydrogen) atoms. The lowest BCUT2D eigenvalue weighted by Crippen LogP contribution is -2.38. The number of nitrogens with zero attached hydrogens (tertiary/aromatic N) is 1. The van der Waals surface area contributed by atoms with E-state index in [0.29, 0.717) is 6.61 Å². The molecule has 0 amide bonds. The van der Waals surface area contributed by atoms with Gasteiger partial charge in [0.2, 0.25) is 0 Å². The number of hydroxylamine groups is 2. The first kappa shape index (κ1) is 13.6. The number of ether oxygens (including phenoxy) is 1. The smallest absolute Gasteiger partial charge is 0.325 e. The van der Waals surface area contributed by atoms with Crippen molar-refractivity contribution in [2.45, 2.75) is 50.8 Å². The summed E-state index contributed by atoms with van der Waals surface area (Å²) in [4.78, 5) is 18.3. The predicted molar refractivity (Wildman–Crippen MR) is 74.8 cm³/mol. The van der Waals surface area contributed by atoms with Crippen molar-refractivity contribution in [1.29, 1.82) is 0 Å². The van der Waals surface area contributed by atoms with E-state index in [9.17, 15) is 4.79 Å². The van der Waals surface area contributed by atoms with Crippen molar-refractivity contribution in [3.8, 4) is 0 Å². The first-order chi connectivity index (χ1) is 9.65. The lowest BCUT2D eigenvalue weighted by atomic mass is 10.0. The molecule has 1 aromatic rings. The Labute approximate surface area is 119 Å². The van der Waals surface area contributed by atoms with Crippen molar-refractivity contribution in [2.24, 2.45) is 0 Å². The number of rotatable bonds is 4. The Morgan fingerprint density at radius 3 is 2.75 bits per heavy atom. The van der Waals surface area contributed by atoms with Crippen LogP contribution in [0.3, 0.4) is 0 Å². The van der Waals surface area contributed by atoms with Gasteiger partial charge in [0.05, 0.1) is 18.2 Å². The van der Waals surface area contributed by atoms with E-state index >= 15 is 0 Å². The van der Waals surface area contributed by atoms with Crippen molar-refractivity contribution in [1.82, 2.24) is 5.06 Å². The molecule has 1 saturated heterocycles. The largest absolute Gasteiger partial charge is 0.465 e. The number of benzene rings is 1. The molecule has 4 nitrogen and oxygen atoms in total. The Hall–Kier alpha value is -1.39. The summed E-state index contributed by atoms with van der Waals surface area (Å²) in [5.74, 6) is -0.168. The second kappa shape index (κ2) is 5.19. The third-order valence-corrected chi connectivity index (χ3v) is 4.20. The van der Waals surface area contributed by atoms with Gasteiger partial charge in [-0.1, -0.05) is 30.3 Å². The van der Waals surface area contributed by atoms with Gasteiger partial charge in [-0.15, -0.1) is 0 Å². The fourth-order valence-corrected chi connectivity index (χ4v) is 2.85. The summed E-state index contributed by atoms with van der Waals surface area (Å²) >= 11 is 0. The lowest BCUT2D eigenvalue weighted by Gasteiger charge is -2.28. The SMILES string of the molecule is CCOC(=O)C1CC2(CC2)ON1[C@H](C)c1ccccc1. The molecule has 1 heterocycles. The number of carbonyl (C=O) groups excluding carboxylic acids is 1. The minimum Gasteiger partial charge on any atom is -0.465 e. The van der Waals surface area contributed by atoms with Gasteiger partial charge < -0.3 is 4.74 Å². The molecule has 2 aliphatic rings. The van der Waals surface area contributed by atoms with E-state index in [1.165, 1.54) is 0 Å². The highest BCUT2D eigenvalue weighted by Crippen LogP contribution is 2.51. The van der Waals surface area contributed by atoms with Crippen molar-refractivity contribution >= 4 is 5.97 Å². The van der Waals surface area contributed by atoms with Crippen molar-refractivity contribution in [3.63, 3.8) is 0 Å². The van der Waals surface area contributed by atoms with Gasteiger partial charge in [0.25, 0.3) is 0 Å². The molecule has 2 atom stereocenters. The summed E-state index contributed by atoms with van der Waals surface area (Å²) in [5.41, 5.74) is 1.06. The van der Waals surface area contributed by atoms with E-state index in [4.69, 9.17) is 9.57 Å². The number of hydrogen-bond donors (Lipinski definition) is 0. The van der Waals surface area contributed by atoms with Crippen LogP contribution in [0.25, 0.3) is 0 Å². The molecule has 1 saturated carbocycles. The van der Waals surface area contributed by atoms with E-state index in [1.54, 1.807) is 0 Å². The lowest BCUT2D eigenvalue weighted by molar-refractivity contribution is -0.205. The van der Waals surface area contributed by atoms with Gasteiger partial charge in [0.1, 0.15) is 6.04 Å².